The number of hydrogen-bond donors (Lipinski definition) is 1. The molecule has 3 heteroatoms. The maximum atomic E-state index is 4.39. The largest absolute Gasteiger partial charge is 0.312 e. The lowest BCUT2D eigenvalue weighted by atomic mass is 10.2. The smallest absolute Gasteiger partial charge is 0.0959 e. The number of aromatic nitrogens is 1. The highest BCUT2D eigenvalue weighted by Crippen LogP contribution is 2.14. The molecule has 0 atom stereocenters. The van der Waals surface area contributed by atoms with E-state index in [0.29, 0.717) is 5.92 Å². The van der Waals surface area contributed by atoms with Crippen molar-refractivity contribution in [3.8, 4) is 0 Å². The van der Waals surface area contributed by atoms with Gasteiger partial charge in [0.15, 0.2) is 0 Å². The first-order chi connectivity index (χ1) is 7.22. The van der Waals surface area contributed by atoms with E-state index < -0.39 is 0 Å². The quantitative estimate of drug-likeness (QED) is 0.752. The monoisotopic (exact) mass is 224 g/mol. The molecule has 0 spiro atoms. The fourth-order valence-electron chi connectivity index (χ4n) is 1.25. The number of pyridine rings is 1. The number of nitrogens with zero attached hydrogens (tertiary/aromatic N) is 1. The summed E-state index contributed by atoms with van der Waals surface area (Å²) in [6, 6.07) is 4.25. The van der Waals surface area contributed by atoms with E-state index in [-0.39, 0.29) is 0 Å². The zero-order valence-corrected chi connectivity index (χ0v) is 10.6. The molecule has 0 radical (unpaired) electrons. The molecular formula is C12H20N2S. The first kappa shape index (κ1) is 12.5. The van der Waals surface area contributed by atoms with Crippen LogP contribution in [0.25, 0.3) is 0 Å². The average molecular weight is 224 g/mol. The minimum absolute atomic E-state index is 0.702. The minimum atomic E-state index is 0.702. The second-order valence-corrected chi connectivity index (χ2v) is 5.25. The molecule has 1 rings (SSSR count). The SMILES string of the molecule is CCSc1ccc(CNCC(C)C)cn1. The summed E-state index contributed by atoms with van der Waals surface area (Å²) in [5, 5.41) is 4.52. The maximum Gasteiger partial charge on any atom is 0.0959 e. The van der Waals surface area contributed by atoms with Gasteiger partial charge in [0.2, 0.25) is 0 Å². The molecule has 2 nitrogen and oxygen atoms in total. The van der Waals surface area contributed by atoms with Gasteiger partial charge in [-0.2, -0.15) is 0 Å². The van der Waals surface area contributed by atoms with Crippen LogP contribution in [-0.2, 0) is 6.54 Å². The molecule has 1 aromatic heterocycles. The van der Waals surface area contributed by atoms with Gasteiger partial charge in [-0.05, 0) is 29.8 Å². The van der Waals surface area contributed by atoms with Crippen LogP contribution in [0.3, 0.4) is 0 Å². The van der Waals surface area contributed by atoms with Gasteiger partial charge < -0.3 is 5.32 Å². The van der Waals surface area contributed by atoms with Crippen LogP contribution in [0.1, 0.15) is 26.3 Å². The Bertz CT molecular complexity index is 269. The van der Waals surface area contributed by atoms with Gasteiger partial charge in [-0.3, -0.25) is 0 Å². The summed E-state index contributed by atoms with van der Waals surface area (Å²) >= 11 is 1.78. The number of thioether (sulfide) groups is 1. The second-order valence-electron chi connectivity index (χ2n) is 3.96. The van der Waals surface area contributed by atoms with Gasteiger partial charge in [0.05, 0.1) is 5.03 Å². The third-order valence-electron chi connectivity index (χ3n) is 1.97. The molecule has 0 aliphatic rings. The second kappa shape index (κ2) is 6.85. The predicted octanol–water partition coefficient (Wildman–Crippen LogP) is 2.94. The highest BCUT2D eigenvalue weighted by atomic mass is 32.2. The van der Waals surface area contributed by atoms with Crippen molar-refractivity contribution in [2.75, 3.05) is 12.3 Å². The molecule has 0 saturated heterocycles. The van der Waals surface area contributed by atoms with Crippen molar-refractivity contribution < 1.29 is 0 Å². The van der Waals surface area contributed by atoms with Crippen LogP contribution in [0, 0.1) is 5.92 Å². The van der Waals surface area contributed by atoms with Gasteiger partial charge in [-0.15, -0.1) is 11.8 Å². The van der Waals surface area contributed by atoms with Crippen molar-refractivity contribution in [2.24, 2.45) is 5.92 Å². The summed E-state index contributed by atoms with van der Waals surface area (Å²) in [5.41, 5.74) is 1.26. The van der Waals surface area contributed by atoms with E-state index in [1.54, 1.807) is 11.8 Å². The third kappa shape index (κ3) is 5.19. The molecule has 0 aliphatic carbocycles. The molecule has 1 aromatic rings. The lowest BCUT2D eigenvalue weighted by Gasteiger charge is -2.07. The first-order valence-electron chi connectivity index (χ1n) is 5.50. The number of hydrogen-bond acceptors (Lipinski definition) is 3. The van der Waals surface area contributed by atoms with Gasteiger partial charge >= 0.3 is 0 Å². The average Bonchev–Trinajstić information content (AvgIpc) is 2.20. The Hall–Kier alpha value is -0.540. The Balaban J connectivity index is 2.36. The molecule has 0 saturated carbocycles. The van der Waals surface area contributed by atoms with Crippen LogP contribution in [0.4, 0.5) is 0 Å². The van der Waals surface area contributed by atoms with E-state index in [2.05, 4.69) is 43.2 Å². The lowest BCUT2D eigenvalue weighted by Crippen LogP contribution is -2.18. The Kier molecular flexibility index (Phi) is 5.73. The molecule has 0 amide bonds. The van der Waals surface area contributed by atoms with Crippen LogP contribution in [0.2, 0.25) is 0 Å². The summed E-state index contributed by atoms with van der Waals surface area (Å²) in [5.74, 6) is 1.78. The zero-order valence-electron chi connectivity index (χ0n) is 9.79. The van der Waals surface area contributed by atoms with Crippen LogP contribution in [-0.4, -0.2) is 17.3 Å². The Labute approximate surface area is 96.9 Å². The van der Waals surface area contributed by atoms with Crippen molar-refractivity contribution in [1.82, 2.24) is 10.3 Å². The summed E-state index contributed by atoms with van der Waals surface area (Å²) in [7, 11) is 0. The standard InChI is InChI=1S/C12H20N2S/c1-4-15-12-6-5-11(9-14-12)8-13-7-10(2)3/h5-6,9-10,13H,4,7-8H2,1-3H3. The molecule has 0 aromatic carbocycles. The predicted molar refractivity (Wildman–Crippen MR) is 67.2 cm³/mol. The highest BCUT2D eigenvalue weighted by Gasteiger charge is 1.97. The zero-order chi connectivity index (χ0) is 11.1. The van der Waals surface area contributed by atoms with E-state index in [0.717, 1.165) is 23.9 Å². The summed E-state index contributed by atoms with van der Waals surface area (Å²) in [4.78, 5) is 4.39. The van der Waals surface area contributed by atoms with Gasteiger partial charge in [0, 0.05) is 12.7 Å². The number of nitrogens with one attached hydrogen (secondary N) is 1. The molecule has 15 heavy (non-hydrogen) atoms. The van der Waals surface area contributed by atoms with Gasteiger partial charge in [0.25, 0.3) is 0 Å². The topological polar surface area (TPSA) is 24.9 Å². The van der Waals surface area contributed by atoms with Gasteiger partial charge in [0.1, 0.15) is 0 Å². The van der Waals surface area contributed by atoms with Crippen molar-refractivity contribution in [3.63, 3.8) is 0 Å². The van der Waals surface area contributed by atoms with Crippen molar-refractivity contribution >= 4 is 11.8 Å². The lowest BCUT2D eigenvalue weighted by molar-refractivity contribution is 0.551. The highest BCUT2D eigenvalue weighted by molar-refractivity contribution is 7.99. The fourth-order valence-corrected chi connectivity index (χ4v) is 1.84. The van der Waals surface area contributed by atoms with E-state index >= 15 is 0 Å². The van der Waals surface area contributed by atoms with Crippen LogP contribution in [0.15, 0.2) is 23.4 Å². The van der Waals surface area contributed by atoms with E-state index in [4.69, 9.17) is 0 Å². The molecule has 0 unspecified atom stereocenters. The molecule has 1 heterocycles. The first-order valence-corrected chi connectivity index (χ1v) is 6.49. The molecular weight excluding hydrogens is 204 g/mol. The molecule has 0 fully saturated rings. The minimum Gasteiger partial charge on any atom is -0.312 e. The maximum absolute atomic E-state index is 4.39. The van der Waals surface area contributed by atoms with Crippen LogP contribution >= 0.6 is 11.8 Å². The van der Waals surface area contributed by atoms with Crippen LogP contribution < -0.4 is 5.32 Å². The Morgan fingerprint density at radius 2 is 2.20 bits per heavy atom. The van der Waals surface area contributed by atoms with Crippen molar-refractivity contribution in [1.29, 1.82) is 0 Å². The normalized spacial score (nSPS) is 10.9. The van der Waals surface area contributed by atoms with Gasteiger partial charge in [-0.25, -0.2) is 4.98 Å². The van der Waals surface area contributed by atoms with E-state index in [9.17, 15) is 0 Å². The van der Waals surface area contributed by atoms with E-state index in [1.165, 1.54) is 5.56 Å². The van der Waals surface area contributed by atoms with E-state index in [1.807, 2.05) is 6.20 Å². The van der Waals surface area contributed by atoms with Crippen LogP contribution in [0.5, 0.6) is 0 Å². The molecule has 0 aliphatic heterocycles. The van der Waals surface area contributed by atoms with Gasteiger partial charge in [-0.1, -0.05) is 26.8 Å². The Morgan fingerprint density at radius 1 is 1.40 bits per heavy atom. The van der Waals surface area contributed by atoms with Crippen molar-refractivity contribution in [2.45, 2.75) is 32.3 Å². The summed E-state index contributed by atoms with van der Waals surface area (Å²) in [6.45, 7) is 8.55. The summed E-state index contributed by atoms with van der Waals surface area (Å²) < 4.78 is 0. The molecule has 84 valence electrons. The third-order valence-corrected chi connectivity index (χ3v) is 2.80. The van der Waals surface area contributed by atoms with Crippen molar-refractivity contribution in [3.05, 3.63) is 23.9 Å². The summed E-state index contributed by atoms with van der Waals surface area (Å²) in [6.07, 6.45) is 1.96. The number of rotatable bonds is 6. The Morgan fingerprint density at radius 3 is 2.73 bits per heavy atom. The molecule has 1 N–H and O–H groups in total. The fraction of sp³-hybridized carbons (Fsp3) is 0.583. The molecule has 0 bridgehead atoms.